The molecule has 1 aliphatic carbocycles. The van der Waals surface area contributed by atoms with Crippen molar-refractivity contribution in [3.05, 3.63) is 41.5 Å². The van der Waals surface area contributed by atoms with Crippen molar-refractivity contribution in [1.82, 2.24) is 4.90 Å². The minimum absolute atomic E-state index is 0.121. The lowest BCUT2D eigenvalue weighted by atomic mass is 9.97. The van der Waals surface area contributed by atoms with E-state index >= 15 is 0 Å². The van der Waals surface area contributed by atoms with Crippen LogP contribution in [0.3, 0.4) is 0 Å². The lowest BCUT2D eigenvalue weighted by Gasteiger charge is -2.26. The fourth-order valence-corrected chi connectivity index (χ4v) is 4.66. The molecule has 3 aliphatic rings. The van der Waals surface area contributed by atoms with Crippen LogP contribution >= 0.6 is 0 Å². The Balaban J connectivity index is 1.40. The van der Waals surface area contributed by atoms with E-state index in [2.05, 4.69) is 19.1 Å². The largest absolute Gasteiger partial charge is 0.342 e. The molecule has 26 heavy (non-hydrogen) atoms. The monoisotopic (exact) mass is 352 g/mol. The average Bonchev–Trinajstić information content (AvgIpc) is 3.19. The van der Waals surface area contributed by atoms with E-state index in [9.17, 15) is 9.59 Å². The van der Waals surface area contributed by atoms with Crippen LogP contribution in [-0.4, -0.2) is 35.8 Å². The van der Waals surface area contributed by atoms with Gasteiger partial charge in [-0.25, -0.2) is 0 Å². The van der Waals surface area contributed by atoms with Gasteiger partial charge in [-0.15, -0.1) is 0 Å². The highest BCUT2D eigenvalue weighted by atomic mass is 16.2. The molecule has 2 amide bonds. The van der Waals surface area contributed by atoms with Gasteiger partial charge in [0.15, 0.2) is 0 Å². The van der Waals surface area contributed by atoms with Crippen molar-refractivity contribution < 1.29 is 9.59 Å². The first-order chi connectivity index (χ1) is 12.6. The van der Waals surface area contributed by atoms with E-state index < -0.39 is 0 Å². The highest BCUT2D eigenvalue weighted by Gasteiger charge is 2.40. The van der Waals surface area contributed by atoms with Crippen LogP contribution in [0.2, 0.25) is 0 Å². The standard InChI is InChI=1S/C22H28N2O2/c1-16-13-18-9-5-6-10-20(18)24(16)22(26)19-14-21(25)23(15-19)12-11-17-7-3-2-4-8-17/h5-7,9-10,16,19H,2-4,8,11-15H2,1H3. The van der Waals surface area contributed by atoms with Gasteiger partial charge in [0, 0.05) is 31.2 Å². The van der Waals surface area contributed by atoms with Crippen LogP contribution in [0.4, 0.5) is 5.69 Å². The number of hydrogen-bond acceptors (Lipinski definition) is 2. The minimum Gasteiger partial charge on any atom is -0.342 e. The number of rotatable bonds is 4. The smallest absolute Gasteiger partial charge is 0.232 e. The maximum atomic E-state index is 13.2. The van der Waals surface area contributed by atoms with E-state index in [1.807, 2.05) is 28.0 Å². The number of hydrogen-bond donors (Lipinski definition) is 0. The van der Waals surface area contributed by atoms with Crippen LogP contribution in [-0.2, 0) is 16.0 Å². The Labute approximate surface area is 155 Å². The molecule has 4 heteroatoms. The molecule has 4 nitrogen and oxygen atoms in total. The first-order valence-electron chi connectivity index (χ1n) is 10.00. The molecule has 2 aliphatic heterocycles. The van der Waals surface area contributed by atoms with Crippen LogP contribution in [0, 0.1) is 5.92 Å². The molecule has 2 atom stereocenters. The molecule has 1 saturated heterocycles. The van der Waals surface area contributed by atoms with Gasteiger partial charge in [0.25, 0.3) is 0 Å². The third kappa shape index (κ3) is 3.29. The first-order valence-corrected chi connectivity index (χ1v) is 10.00. The summed E-state index contributed by atoms with van der Waals surface area (Å²) in [6.45, 7) is 3.44. The fraction of sp³-hybridized carbons (Fsp3) is 0.545. The summed E-state index contributed by atoms with van der Waals surface area (Å²) in [7, 11) is 0. The molecular formula is C22H28N2O2. The van der Waals surface area contributed by atoms with Crippen molar-refractivity contribution in [3.8, 4) is 0 Å². The molecule has 2 heterocycles. The van der Waals surface area contributed by atoms with Crippen molar-refractivity contribution in [2.45, 2.75) is 57.9 Å². The Morgan fingerprint density at radius 3 is 2.85 bits per heavy atom. The second-order valence-electron chi connectivity index (χ2n) is 7.99. The zero-order valence-corrected chi connectivity index (χ0v) is 15.6. The van der Waals surface area contributed by atoms with Crippen molar-refractivity contribution in [3.63, 3.8) is 0 Å². The molecule has 1 aromatic carbocycles. The summed E-state index contributed by atoms with van der Waals surface area (Å²) in [6, 6.07) is 8.32. The summed E-state index contributed by atoms with van der Waals surface area (Å²) in [5, 5.41) is 0. The number of carbonyl (C=O) groups excluding carboxylic acids is 2. The van der Waals surface area contributed by atoms with Gasteiger partial charge in [-0.05, 0) is 57.1 Å². The molecular weight excluding hydrogens is 324 g/mol. The summed E-state index contributed by atoms with van der Waals surface area (Å²) in [5.74, 6) is 0.0616. The van der Waals surface area contributed by atoms with E-state index in [-0.39, 0.29) is 23.8 Å². The Morgan fingerprint density at radius 2 is 2.04 bits per heavy atom. The van der Waals surface area contributed by atoms with Crippen LogP contribution in [0.25, 0.3) is 0 Å². The third-order valence-electron chi connectivity index (χ3n) is 6.10. The molecule has 2 unspecified atom stereocenters. The highest BCUT2D eigenvalue weighted by molar-refractivity contribution is 6.01. The maximum absolute atomic E-state index is 13.2. The van der Waals surface area contributed by atoms with Crippen LogP contribution in [0.1, 0.15) is 51.0 Å². The zero-order valence-electron chi connectivity index (χ0n) is 15.6. The number of fused-ring (bicyclic) bond motifs is 1. The summed E-state index contributed by atoms with van der Waals surface area (Å²) >= 11 is 0. The Kier molecular flexibility index (Phi) is 4.84. The summed E-state index contributed by atoms with van der Waals surface area (Å²) in [5.41, 5.74) is 3.75. The number of carbonyl (C=O) groups is 2. The van der Waals surface area contributed by atoms with E-state index in [0.29, 0.717) is 13.0 Å². The van der Waals surface area contributed by atoms with E-state index in [4.69, 9.17) is 0 Å². The average molecular weight is 352 g/mol. The molecule has 138 valence electrons. The van der Waals surface area contributed by atoms with Crippen molar-refractivity contribution in [1.29, 1.82) is 0 Å². The van der Waals surface area contributed by atoms with E-state index in [1.54, 1.807) is 0 Å². The number of allylic oxidation sites excluding steroid dienone is 1. The predicted octanol–water partition coefficient (Wildman–Crippen LogP) is 3.70. The van der Waals surface area contributed by atoms with Crippen LogP contribution in [0.5, 0.6) is 0 Å². The Hall–Kier alpha value is -2.10. The molecule has 0 aromatic heterocycles. The molecule has 4 rings (SSSR count). The Bertz CT molecular complexity index is 739. The molecule has 0 N–H and O–H groups in total. The minimum atomic E-state index is -0.198. The molecule has 0 spiro atoms. The second-order valence-corrected chi connectivity index (χ2v) is 7.99. The van der Waals surface area contributed by atoms with Crippen molar-refractivity contribution in [2.24, 2.45) is 5.92 Å². The van der Waals surface area contributed by atoms with Gasteiger partial charge in [-0.3, -0.25) is 9.59 Å². The topological polar surface area (TPSA) is 40.6 Å². The number of nitrogens with zero attached hydrogens (tertiary/aromatic N) is 2. The number of benzene rings is 1. The van der Waals surface area contributed by atoms with Gasteiger partial charge >= 0.3 is 0 Å². The molecule has 0 saturated carbocycles. The first kappa shape index (κ1) is 17.3. The van der Waals surface area contributed by atoms with Gasteiger partial charge in [-0.2, -0.15) is 0 Å². The van der Waals surface area contributed by atoms with Crippen molar-refractivity contribution in [2.75, 3.05) is 18.0 Å². The fourth-order valence-electron chi connectivity index (χ4n) is 4.66. The molecule has 1 fully saturated rings. The number of para-hydroxylation sites is 1. The van der Waals surface area contributed by atoms with E-state index in [1.165, 1.54) is 36.8 Å². The third-order valence-corrected chi connectivity index (χ3v) is 6.10. The van der Waals surface area contributed by atoms with Gasteiger partial charge in [-0.1, -0.05) is 29.8 Å². The lowest BCUT2D eigenvalue weighted by Crippen LogP contribution is -2.41. The molecule has 0 radical (unpaired) electrons. The SMILES string of the molecule is CC1Cc2ccccc2N1C(=O)C1CC(=O)N(CCC2=CCCCC2)C1. The quantitative estimate of drug-likeness (QED) is 0.775. The number of likely N-dealkylation sites (tertiary alicyclic amines) is 1. The zero-order chi connectivity index (χ0) is 18.1. The Morgan fingerprint density at radius 1 is 1.19 bits per heavy atom. The van der Waals surface area contributed by atoms with Crippen molar-refractivity contribution >= 4 is 17.5 Å². The summed E-state index contributed by atoms with van der Waals surface area (Å²) < 4.78 is 0. The predicted molar refractivity (Wildman–Crippen MR) is 103 cm³/mol. The number of anilines is 1. The molecule has 1 aromatic rings. The van der Waals surface area contributed by atoms with Crippen LogP contribution < -0.4 is 4.90 Å². The normalized spacial score (nSPS) is 25.4. The lowest BCUT2D eigenvalue weighted by molar-refractivity contribution is -0.128. The number of amides is 2. The molecule has 0 bridgehead atoms. The highest BCUT2D eigenvalue weighted by Crippen LogP contribution is 2.34. The van der Waals surface area contributed by atoms with Gasteiger partial charge in [0.2, 0.25) is 11.8 Å². The summed E-state index contributed by atoms with van der Waals surface area (Å²) in [4.78, 5) is 29.4. The summed E-state index contributed by atoms with van der Waals surface area (Å²) in [6.07, 6.45) is 9.49. The van der Waals surface area contributed by atoms with Gasteiger partial charge in [0.05, 0.1) is 5.92 Å². The van der Waals surface area contributed by atoms with Gasteiger partial charge in [0.1, 0.15) is 0 Å². The second kappa shape index (κ2) is 7.26. The van der Waals surface area contributed by atoms with Gasteiger partial charge < -0.3 is 9.80 Å². The maximum Gasteiger partial charge on any atom is 0.232 e. The van der Waals surface area contributed by atoms with E-state index in [0.717, 1.165) is 25.1 Å². The van der Waals surface area contributed by atoms with Crippen LogP contribution in [0.15, 0.2) is 35.9 Å².